The highest BCUT2D eigenvalue weighted by Crippen LogP contribution is 2.30. The molecule has 3 aromatic rings. The van der Waals surface area contributed by atoms with E-state index in [1.54, 1.807) is 16.8 Å². The van der Waals surface area contributed by atoms with E-state index in [0.717, 1.165) is 54.3 Å². The fraction of sp³-hybridized carbons (Fsp3) is 0.367. The Balaban J connectivity index is 1.28. The van der Waals surface area contributed by atoms with Crippen LogP contribution in [-0.4, -0.2) is 64.3 Å². The number of aliphatic imine (C=N–C) groups is 1. The molecular formula is C30H33F3N6O2. The van der Waals surface area contributed by atoms with Crippen molar-refractivity contribution < 1.29 is 18.0 Å². The van der Waals surface area contributed by atoms with Crippen LogP contribution < -0.4 is 11.4 Å². The van der Waals surface area contributed by atoms with Gasteiger partial charge in [-0.15, -0.1) is 0 Å². The number of imidazole rings is 1. The molecule has 0 spiro atoms. The summed E-state index contributed by atoms with van der Waals surface area (Å²) in [7, 11) is 0. The highest BCUT2D eigenvalue weighted by atomic mass is 19.1. The van der Waals surface area contributed by atoms with Gasteiger partial charge in [-0.05, 0) is 87.6 Å². The monoisotopic (exact) mass is 566 g/mol. The van der Waals surface area contributed by atoms with Crippen molar-refractivity contribution in [3.05, 3.63) is 88.4 Å². The highest BCUT2D eigenvalue weighted by molar-refractivity contribution is 5.80. The molecule has 2 fully saturated rings. The van der Waals surface area contributed by atoms with Crippen molar-refractivity contribution in [2.75, 3.05) is 32.7 Å². The van der Waals surface area contributed by atoms with Crippen LogP contribution in [0.1, 0.15) is 31.7 Å². The third kappa shape index (κ3) is 6.00. The third-order valence-electron chi connectivity index (χ3n) is 7.99. The first kappa shape index (κ1) is 28.4. The first-order chi connectivity index (χ1) is 19.8. The average Bonchev–Trinajstić information content (AvgIpc) is 3.23. The van der Waals surface area contributed by atoms with Gasteiger partial charge in [0, 0.05) is 49.9 Å². The Morgan fingerprint density at radius 2 is 1.63 bits per heavy atom. The summed E-state index contributed by atoms with van der Waals surface area (Å²) < 4.78 is 44.9. The standard InChI is InChI=1S/C30H33F3N6O2/c1-35-18-20(4-9-34)19-36-10-5-21(6-11-36)29(40)37-12-7-25(8-13-37)38-27-3-2-22(31)17-28(27)39(30(38)41)26-15-23(32)14-24(33)16-26/h2-4,9,14-18,21,25H,1,5-8,10-13,19,34H2/b9-4-,20-18+. The van der Waals surface area contributed by atoms with E-state index < -0.39 is 23.1 Å². The number of benzene rings is 2. The number of likely N-dealkylation sites (tertiary alicyclic amines) is 2. The Bertz CT molecular complexity index is 1540. The average molecular weight is 567 g/mol. The molecule has 0 saturated carbocycles. The van der Waals surface area contributed by atoms with Crippen LogP contribution >= 0.6 is 0 Å². The van der Waals surface area contributed by atoms with Gasteiger partial charge in [0.25, 0.3) is 0 Å². The minimum atomic E-state index is -0.833. The van der Waals surface area contributed by atoms with Gasteiger partial charge >= 0.3 is 5.69 Å². The number of carbonyl (C=O) groups is 1. The molecule has 0 atom stereocenters. The zero-order valence-corrected chi connectivity index (χ0v) is 22.7. The highest BCUT2D eigenvalue weighted by Gasteiger charge is 2.32. The first-order valence-corrected chi connectivity index (χ1v) is 13.7. The molecule has 1 amide bonds. The lowest BCUT2D eigenvalue weighted by Crippen LogP contribution is -2.46. The lowest BCUT2D eigenvalue weighted by molar-refractivity contribution is -0.138. The van der Waals surface area contributed by atoms with Crippen LogP contribution in [0.3, 0.4) is 0 Å². The van der Waals surface area contributed by atoms with Gasteiger partial charge in [-0.25, -0.2) is 18.0 Å². The molecular weight excluding hydrogens is 533 g/mol. The molecule has 8 nitrogen and oxygen atoms in total. The molecule has 0 radical (unpaired) electrons. The van der Waals surface area contributed by atoms with Gasteiger partial charge in [-0.2, -0.15) is 0 Å². The zero-order chi connectivity index (χ0) is 29.1. The summed E-state index contributed by atoms with van der Waals surface area (Å²) in [6, 6.07) is 6.54. The molecule has 2 N–H and O–H groups in total. The molecule has 2 aliphatic heterocycles. The molecule has 2 saturated heterocycles. The van der Waals surface area contributed by atoms with E-state index in [9.17, 15) is 22.8 Å². The third-order valence-corrected chi connectivity index (χ3v) is 7.99. The number of fused-ring (bicyclic) bond motifs is 1. The minimum Gasteiger partial charge on any atom is -0.405 e. The topological polar surface area (TPSA) is 88.9 Å². The Morgan fingerprint density at radius 3 is 2.27 bits per heavy atom. The maximum atomic E-state index is 14.2. The van der Waals surface area contributed by atoms with Crippen LogP contribution in [0.15, 0.2) is 70.2 Å². The number of hydrogen-bond acceptors (Lipinski definition) is 5. The minimum absolute atomic E-state index is 0.0109. The molecule has 216 valence electrons. The fourth-order valence-corrected chi connectivity index (χ4v) is 6.04. The number of piperidine rings is 2. The van der Waals surface area contributed by atoms with E-state index >= 15 is 0 Å². The Kier molecular flexibility index (Phi) is 8.44. The molecule has 0 aliphatic carbocycles. The van der Waals surface area contributed by atoms with E-state index in [-0.39, 0.29) is 29.1 Å². The van der Waals surface area contributed by atoms with Gasteiger partial charge in [-0.3, -0.25) is 23.8 Å². The molecule has 5 rings (SSSR count). The molecule has 0 unspecified atom stereocenters. The van der Waals surface area contributed by atoms with Crippen molar-refractivity contribution in [1.82, 2.24) is 18.9 Å². The summed E-state index contributed by atoms with van der Waals surface area (Å²) in [5, 5.41) is 0. The molecule has 2 aromatic carbocycles. The van der Waals surface area contributed by atoms with Gasteiger partial charge < -0.3 is 10.6 Å². The second-order valence-corrected chi connectivity index (χ2v) is 10.6. The van der Waals surface area contributed by atoms with Gasteiger partial charge in [0.05, 0.1) is 16.7 Å². The van der Waals surface area contributed by atoms with Gasteiger partial charge in [-0.1, -0.05) is 0 Å². The van der Waals surface area contributed by atoms with Crippen LogP contribution in [0.25, 0.3) is 16.7 Å². The fourth-order valence-electron chi connectivity index (χ4n) is 6.04. The molecule has 3 heterocycles. The van der Waals surface area contributed by atoms with E-state index in [4.69, 9.17) is 5.73 Å². The van der Waals surface area contributed by atoms with Crippen LogP contribution in [0.5, 0.6) is 0 Å². The number of hydrogen-bond donors (Lipinski definition) is 1. The van der Waals surface area contributed by atoms with E-state index in [2.05, 4.69) is 16.6 Å². The number of rotatable bonds is 7. The number of aromatic nitrogens is 2. The number of halogens is 3. The molecule has 0 bridgehead atoms. The molecule has 41 heavy (non-hydrogen) atoms. The van der Waals surface area contributed by atoms with Crippen LogP contribution in [0.4, 0.5) is 13.2 Å². The van der Waals surface area contributed by atoms with Crippen molar-refractivity contribution in [2.24, 2.45) is 16.6 Å². The Hall–Kier alpha value is -4.12. The van der Waals surface area contributed by atoms with Crippen molar-refractivity contribution in [2.45, 2.75) is 31.7 Å². The van der Waals surface area contributed by atoms with Gasteiger partial charge in [0.1, 0.15) is 17.5 Å². The van der Waals surface area contributed by atoms with Crippen molar-refractivity contribution in [3.8, 4) is 5.69 Å². The van der Waals surface area contributed by atoms with Crippen molar-refractivity contribution >= 4 is 23.7 Å². The second kappa shape index (κ2) is 12.2. The normalized spacial score (nSPS) is 18.0. The van der Waals surface area contributed by atoms with Crippen LogP contribution in [0.2, 0.25) is 0 Å². The molecule has 1 aromatic heterocycles. The number of carbonyl (C=O) groups excluding carboxylic acids is 1. The van der Waals surface area contributed by atoms with E-state index in [0.29, 0.717) is 38.0 Å². The van der Waals surface area contributed by atoms with Crippen LogP contribution in [-0.2, 0) is 4.79 Å². The SMILES string of the molecule is C=N/C=C(\C=C/N)CN1CCC(C(=O)N2CCC(n3c(=O)n(-c4cc(F)cc(F)c4)c4cc(F)ccc43)CC2)CC1. The quantitative estimate of drug-likeness (QED) is 0.344. The van der Waals surface area contributed by atoms with E-state index in [1.807, 2.05) is 4.90 Å². The smallest absolute Gasteiger partial charge is 0.333 e. The maximum absolute atomic E-state index is 14.2. The summed E-state index contributed by atoms with van der Waals surface area (Å²) >= 11 is 0. The molecule has 11 heteroatoms. The molecule has 2 aliphatic rings. The van der Waals surface area contributed by atoms with Crippen molar-refractivity contribution in [1.29, 1.82) is 0 Å². The first-order valence-electron chi connectivity index (χ1n) is 13.7. The second-order valence-electron chi connectivity index (χ2n) is 10.6. The summed E-state index contributed by atoms with van der Waals surface area (Å²) in [5.74, 6) is -2.17. The van der Waals surface area contributed by atoms with Crippen LogP contribution in [0, 0.1) is 23.4 Å². The predicted octanol–water partition coefficient (Wildman–Crippen LogP) is 4.14. The number of amides is 1. The van der Waals surface area contributed by atoms with E-state index in [1.165, 1.54) is 24.4 Å². The zero-order valence-electron chi connectivity index (χ0n) is 22.7. The summed E-state index contributed by atoms with van der Waals surface area (Å²) in [6.07, 6.45) is 7.53. The number of nitrogens with zero attached hydrogens (tertiary/aromatic N) is 5. The predicted molar refractivity (Wildman–Crippen MR) is 152 cm³/mol. The lowest BCUT2D eigenvalue weighted by atomic mass is 9.93. The number of nitrogens with two attached hydrogens (primary N) is 1. The maximum Gasteiger partial charge on any atom is 0.333 e. The Labute approximate surface area is 235 Å². The lowest BCUT2D eigenvalue weighted by Gasteiger charge is -2.37. The van der Waals surface area contributed by atoms with Gasteiger partial charge in [0.15, 0.2) is 0 Å². The van der Waals surface area contributed by atoms with Gasteiger partial charge in [0.2, 0.25) is 5.91 Å². The largest absolute Gasteiger partial charge is 0.405 e. The summed E-state index contributed by atoms with van der Waals surface area (Å²) in [5.41, 5.74) is 6.67. The van der Waals surface area contributed by atoms with Crippen molar-refractivity contribution in [3.63, 3.8) is 0 Å². The summed E-state index contributed by atoms with van der Waals surface area (Å²) in [4.78, 5) is 34.9. The summed E-state index contributed by atoms with van der Waals surface area (Å²) in [6.45, 7) is 6.72. The Morgan fingerprint density at radius 1 is 0.951 bits per heavy atom.